The zero-order valence-electron chi connectivity index (χ0n) is 17.0. The first kappa shape index (κ1) is 19.3. The van der Waals surface area contributed by atoms with Crippen molar-refractivity contribution in [2.24, 2.45) is 0 Å². The van der Waals surface area contributed by atoms with Gasteiger partial charge in [-0.25, -0.2) is 0 Å². The minimum Gasteiger partial charge on any atom is -0.508 e. The van der Waals surface area contributed by atoms with Gasteiger partial charge in [0.15, 0.2) is 5.11 Å². The molecule has 154 valence electrons. The van der Waals surface area contributed by atoms with E-state index in [1.165, 1.54) is 5.56 Å². The van der Waals surface area contributed by atoms with Crippen LogP contribution in [0, 0.1) is 6.92 Å². The molecule has 0 saturated carbocycles. The summed E-state index contributed by atoms with van der Waals surface area (Å²) in [7, 11) is 0. The summed E-state index contributed by atoms with van der Waals surface area (Å²) >= 11 is 5.78. The Labute approximate surface area is 186 Å². The molecular formula is C25H22N4OS. The lowest BCUT2D eigenvalue weighted by Gasteiger charge is -2.29. The van der Waals surface area contributed by atoms with E-state index < -0.39 is 0 Å². The second-order valence-electron chi connectivity index (χ2n) is 7.60. The van der Waals surface area contributed by atoms with Crippen LogP contribution in [-0.2, 0) is 0 Å². The number of aromatic hydroxyl groups is 1. The molecule has 1 saturated heterocycles. The van der Waals surface area contributed by atoms with E-state index in [2.05, 4.69) is 63.2 Å². The SMILES string of the molecule is Cc1ccccc1-n1cccc1[C@H]1[C@H](c2ccccn2)NC(=S)N1c1ccc(O)cc1. The van der Waals surface area contributed by atoms with E-state index in [1.807, 2.05) is 36.4 Å². The predicted octanol–water partition coefficient (Wildman–Crippen LogP) is 5.06. The number of pyridine rings is 1. The van der Waals surface area contributed by atoms with Crippen LogP contribution in [0.25, 0.3) is 5.69 Å². The number of phenols is 1. The second-order valence-corrected chi connectivity index (χ2v) is 7.99. The van der Waals surface area contributed by atoms with Crippen LogP contribution < -0.4 is 10.2 Å². The number of aryl methyl sites for hydroxylation is 1. The van der Waals surface area contributed by atoms with E-state index >= 15 is 0 Å². The minimum atomic E-state index is -0.125. The van der Waals surface area contributed by atoms with Crippen LogP contribution in [0.15, 0.2) is 91.3 Å². The van der Waals surface area contributed by atoms with Gasteiger partial charge in [-0.2, -0.15) is 0 Å². The second kappa shape index (κ2) is 7.89. The quantitative estimate of drug-likeness (QED) is 0.447. The molecule has 1 aliphatic rings. The maximum Gasteiger partial charge on any atom is 0.174 e. The number of rotatable bonds is 4. The van der Waals surface area contributed by atoms with E-state index in [0.717, 1.165) is 22.8 Å². The number of aromatic nitrogens is 2. The van der Waals surface area contributed by atoms with Gasteiger partial charge >= 0.3 is 0 Å². The molecule has 0 spiro atoms. The lowest BCUT2D eigenvalue weighted by atomic mass is 10.0. The molecule has 0 amide bonds. The maximum absolute atomic E-state index is 9.79. The summed E-state index contributed by atoms with van der Waals surface area (Å²) in [5.41, 5.74) is 5.26. The number of para-hydroxylation sites is 1. The van der Waals surface area contributed by atoms with Crippen LogP contribution in [0.4, 0.5) is 5.69 Å². The lowest BCUT2D eigenvalue weighted by molar-refractivity contribution is 0.475. The molecule has 0 bridgehead atoms. The van der Waals surface area contributed by atoms with Crippen molar-refractivity contribution >= 4 is 23.0 Å². The number of hydrogen-bond donors (Lipinski definition) is 2. The largest absolute Gasteiger partial charge is 0.508 e. The first-order valence-electron chi connectivity index (χ1n) is 10.2. The van der Waals surface area contributed by atoms with Crippen molar-refractivity contribution in [2.45, 2.75) is 19.0 Å². The van der Waals surface area contributed by atoms with Crippen LogP contribution >= 0.6 is 12.2 Å². The fourth-order valence-electron chi connectivity index (χ4n) is 4.23. The van der Waals surface area contributed by atoms with Gasteiger partial charge in [0.2, 0.25) is 0 Å². The molecule has 0 radical (unpaired) electrons. The third kappa shape index (κ3) is 3.45. The summed E-state index contributed by atoms with van der Waals surface area (Å²) in [5.74, 6) is 0.225. The van der Waals surface area contributed by atoms with Crippen molar-refractivity contribution in [1.82, 2.24) is 14.9 Å². The third-order valence-electron chi connectivity index (χ3n) is 5.68. The van der Waals surface area contributed by atoms with Gasteiger partial charge < -0.3 is 19.9 Å². The van der Waals surface area contributed by atoms with Gasteiger partial charge in [-0.1, -0.05) is 24.3 Å². The van der Waals surface area contributed by atoms with E-state index in [-0.39, 0.29) is 17.8 Å². The Kier molecular flexibility index (Phi) is 4.92. The van der Waals surface area contributed by atoms with Crippen molar-refractivity contribution in [3.8, 4) is 11.4 Å². The number of nitrogens with zero attached hydrogens (tertiary/aromatic N) is 3. The van der Waals surface area contributed by atoms with Gasteiger partial charge in [0, 0.05) is 29.5 Å². The van der Waals surface area contributed by atoms with Crippen LogP contribution in [0.5, 0.6) is 5.75 Å². The summed E-state index contributed by atoms with van der Waals surface area (Å²) in [6, 6.07) is 25.4. The van der Waals surface area contributed by atoms with Gasteiger partial charge in [-0.15, -0.1) is 0 Å². The average Bonchev–Trinajstić information content (AvgIpc) is 3.39. The number of nitrogens with one attached hydrogen (secondary N) is 1. The number of hydrogen-bond acceptors (Lipinski definition) is 3. The fraction of sp³-hybridized carbons (Fsp3) is 0.120. The van der Waals surface area contributed by atoms with Crippen molar-refractivity contribution in [3.05, 3.63) is 108 Å². The highest BCUT2D eigenvalue weighted by Gasteiger charge is 2.42. The highest BCUT2D eigenvalue weighted by Crippen LogP contribution is 2.42. The number of phenolic OH excluding ortho intramolecular Hbond substituents is 1. The van der Waals surface area contributed by atoms with Crippen LogP contribution in [0.2, 0.25) is 0 Å². The molecular weight excluding hydrogens is 404 g/mol. The Morgan fingerprint density at radius 1 is 0.935 bits per heavy atom. The van der Waals surface area contributed by atoms with Gasteiger partial charge in [-0.3, -0.25) is 4.98 Å². The van der Waals surface area contributed by atoms with E-state index in [1.54, 1.807) is 18.3 Å². The zero-order chi connectivity index (χ0) is 21.4. The molecule has 5 rings (SSSR count). The van der Waals surface area contributed by atoms with Gasteiger partial charge in [0.05, 0.1) is 11.7 Å². The molecule has 6 heteroatoms. The van der Waals surface area contributed by atoms with Crippen molar-refractivity contribution < 1.29 is 5.11 Å². The average molecular weight is 427 g/mol. The Morgan fingerprint density at radius 2 is 1.71 bits per heavy atom. The van der Waals surface area contributed by atoms with E-state index in [4.69, 9.17) is 12.2 Å². The molecule has 1 fully saturated rings. The molecule has 0 unspecified atom stereocenters. The van der Waals surface area contributed by atoms with E-state index in [0.29, 0.717) is 5.11 Å². The van der Waals surface area contributed by atoms with Crippen LogP contribution in [0.1, 0.15) is 29.0 Å². The standard InChI is InChI=1S/C25H22N4OS/c1-17-7-2-3-9-21(17)28-16-6-10-22(28)24-23(20-8-4-5-15-26-20)27-25(31)29(24)18-11-13-19(30)14-12-18/h2-16,23-24,30H,1H3,(H,27,31)/t23-,24-/m0/s1. The summed E-state index contributed by atoms with van der Waals surface area (Å²) in [4.78, 5) is 6.73. The van der Waals surface area contributed by atoms with Crippen molar-refractivity contribution in [3.63, 3.8) is 0 Å². The predicted molar refractivity (Wildman–Crippen MR) is 127 cm³/mol. The van der Waals surface area contributed by atoms with Gasteiger partial charge in [-0.05, 0) is 79.3 Å². The molecule has 0 aliphatic carbocycles. The van der Waals surface area contributed by atoms with Crippen molar-refractivity contribution in [1.29, 1.82) is 0 Å². The summed E-state index contributed by atoms with van der Waals surface area (Å²) in [6.07, 6.45) is 3.89. The first-order valence-corrected chi connectivity index (χ1v) is 10.6. The Balaban J connectivity index is 1.68. The fourth-order valence-corrected chi connectivity index (χ4v) is 4.58. The summed E-state index contributed by atoms with van der Waals surface area (Å²) in [5, 5.41) is 13.9. The first-order chi connectivity index (χ1) is 15.1. The molecule has 1 aliphatic heterocycles. The number of thiocarbonyl (C=S) groups is 1. The van der Waals surface area contributed by atoms with Crippen molar-refractivity contribution in [2.75, 3.05) is 4.90 Å². The molecule has 2 N–H and O–H groups in total. The zero-order valence-corrected chi connectivity index (χ0v) is 17.8. The number of anilines is 1. The molecule has 2 atom stereocenters. The molecule has 2 aromatic carbocycles. The van der Waals surface area contributed by atoms with Gasteiger partial charge in [0.25, 0.3) is 0 Å². The normalized spacial score (nSPS) is 18.2. The Bertz CT molecular complexity index is 1220. The molecule has 31 heavy (non-hydrogen) atoms. The lowest BCUT2D eigenvalue weighted by Crippen LogP contribution is -2.30. The highest BCUT2D eigenvalue weighted by atomic mass is 32.1. The van der Waals surface area contributed by atoms with Crippen LogP contribution in [-0.4, -0.2) is 19.8 Å². The number of benzene rings is 2. The summed E-state index contributed by atoms with van der Waals surface area (Å²) < 4.78 is 2.22. The Hall–Kier alpha value is -3.64. The minimum absolute atomic E-state index is 0.124. The molecule has 3 heterocycles. The van der Waals surface area contributed by atoms with Crippen LogP contribution in [0.3, 0.4) is 0 Å². The topological polar surface area (TPSA) is 53.3 Å². The molecule has 5 nitrogen and oxygen atoms in total. The molecule has 2 aromatic heterocycles. The maximum atomic E-state index is 9.79. The smallest absolute Gasteiger partial charge is 0.174 e. The Morgan fingerprint density at radius 3 is 2.45 bits per heavy atom. The monoisotopic (exact) mass is 426 g/mol. The van der Waals surface area contributed by atoms with E-state index in [9.17, 15) is 5.11 Å². The molecule has 4 aromatic rings. The summed E-state index contributed by atoms with van der Waals surface area (Å²) in [6.45, 7) is 2.12. The highest BCUT2D eigenvalue weighted by molar-refractivity contribution is 7.80. The third-order valence-corrected chi connectivity index (χ3v) is 6.00. The van der Waals surface area contributed by atoms with Gasteiger partial charge in [0.1, 0.15) is 11.8 Å².